The Bertz CT molecular complexity index is 3510. The fourth-order valence-electron chi connectivity index (χ4n) is 9.69. The van der Waals surface area contributed by atoms with Crippen molar-refractivity contribution in [2.45, 2.75) is 0 Å². The van der Waals surface area contributed by atoms with Gasteiger partial charge in [-0.2, -0.15) is 0 Å². The van der Waals surface area contributed by atoms with E-state index in [1.54, 1.807) is 0 Å². The molecule has 78 heavy (non-hydrogen) atoms. The Morgan fingerprint density at radius 2 is 0.705 bits per heavy atom. The number of carbonyl (C=O) groups excluding carboxylic acids is 1. The molecule has 0 fully saturated rings. The normalized spacial score (nSPS) is 11.8. The number of carboxylic acid groups (broad SMARTS) is 4. The van der Waals surface area contributed by atoms with Crippen molar-refractivity contribution < 1.29 is 44.4 Å². The van der Waals surface area contributed by atoms with E-state index in [1.165, 1.54) is 9.80 Å². The average molecular weight is 1050 g/mol. The van der Waals surface area contributed by atoms with Crippen LogP contribution in [0.4, 0.5) is 5.69 Å². The van der Waals surface area contributed by atoms with Gasteiger partial charge in [-0.15, -0.1) is 0 Å². The molecule has 7 aromatic rings. The first-order valence-electron chi connectivity index (χ1n) is 25.3. The van der Waals surface area contributed by atoms with Gasteiger partial charge in [-0.25, -0.2) is 9.97 Å². The summed E-state index contributed by atoms with van der Waals surface area (Å²) >= 11 is 0. The molecule has 9 rings (SSSR count). The summed E-state index contributed by atoms with van der Waals surface area (Å²) in [7, 11) is 0. The number of amides is 1. The Labute approximate surface area is 448 Å². The third-order valence-electron chi connectivity index (χ3n) is 13.2. The SMILES string of the molecule is O=C(O)CN(CCN(CC(=O)O)CC(=O)O)CCN(CC(=O)O)CC(=O)NCCNc1ccc(-c2c3nc(c(-c4ccccc4)c4ccc([nH]4)c(-c4ccccc4)c4nc(c(-c5ccccc5)c5ccc2[nH]5)C=C4)C=C3)cc1. The highest BCUT2D eigenvalue weighted by atomic mass is 16.4. The molecular weight excluding hydrogens is 991 g/mol. The van der Waals surface area contributed by atoms with E-state index < -0.39 is 56.0 Å². The first-order valence-corrected chi connectivity index (χ1v) is 25.3. The van der Waals surface area contributed by atoms with Crippen molar-refractivity contribution >= 4 is 81.8 Å². The molecule has 4 aromatic carbocycles. The van der Waals surface area contributed by atoms with E-state index in [0.717, 1.165) is 99.9 Å². The van der Waals surface area contributed by atoms with Gasteiger partial charge in [0, 0.05) is 89.3 Å². The number of fused-ring (bicyclic) bond motifs is 8. The van der Waals surface area contributed by atoms with Gasteiger partial charge in [0.15, 0.2) is 0 Å². The molecule has 0 radical (unpaired) electrons. The monoisotopic (exact) mass is 1050 g/mol. The maximum atomic E-state index is 13.1. The van der Waals surface area contributed by atoms with E-state index >= 15 is 0 Å². The maximum Gasteiger partial charge on any atom is 0.317 e. The third-order valence-corrected chi connectivity index (χ3v) is 13.2. The van der Waals surface area contributed by atoms with E-state index in [-0.39, 0.29) is 39.3 Å². The lowest BCUT2D eigenvalue weighted by atomic mass is 10.0. The summed E-state index contributed by atoms with van der Waals surface area (Å²) in [6.45, 7) is -1.90. The van der Waals surface area contributed by atoms with Crippen LogP contribution in [0.1, 0.15) is 22.8 Å². The minimum atomic E-state index is -1.24. The lowest BCUT2D eigenvalue weighted by Crippen LogP contribution is -2.46. The highest BCUT2D eigenvalue weighted by Crippen LogP contribution is 2.38. The van der Waals surface area contributed by atoms with Crippen LogP contribution in [0.3, 0.4) is 0 Å². The van der Waals surface area contributed by atoms with Crippen LogP contribution in [0.15, 0.2) is 140 Å². The topological polar surface area (TPSA) is 257 Å². The number of H-pyrrole nitrogens is 2. The molecule has 0 saturated heterocycles. The minimum absolute atomic E-state index is 0.00660. The Hall–Kier alpha value is -9.49. The average Bonchev–Trinajstić information content (AvgIpc) is 4.40. The number of nitrogens with zero attached hydrogens (tertiary/aromatic N) is 5. The number of hydrogen-bond acceptors (Lipinski definition) is 11. The first-order chi connectivity index (χ1) is 37.8. The van der Waals surface area contributed by atoms with Gasteiger partial charge >= 0.3 is 23.9 Å². The molecule has 2 aliphatic rings. The number of carboxylic acids is 4. The molecule has 8 bridgehead atoms. The number of benzene rings is 4. The molecule has 396 valence electrons. The van der Waals surface area contributed by atoms with Crippen LogP contribution in [-0.2, 0) is 24.0 Å². The lowest BCUT2D eigenvalue weighted by molar-refractivity contribution is -0.143. The molecule has 3 aromatic heterocycles. The van der Waals surface area contributed by atoms with Gasteiger partial charge < -0.3 is 41.0 Å². The highest BCUT2D eigenvalue weighted by Gasteiger charge is 2.22. The second-order valence-electron chi connectivity index (χ2n) is 18.7. The molecular formula is C60H57N9O9. The van der Waals surface area contributed by atoms with Crippen LogP contribution < -0.4 is 10.6 Å². The summed E-state index contributed by atoms with van der Waals surface area (Å²) < 4.78 is 0. The number of hydrogen-bond donors (Lipinski definition) is 8. The number of aromatic amines is 2. The Morgan fingerprint density at radius 1 is 0.385 bits per heavy atom. The van der Waals surface area contributed by atoms with Crippen molar-refractivity contribution in [2.24, 2.45) is 0 Å². The molecule has 1 amide bonds. The zero-order chi connectivity index (χ0) is 54.5. The molecule has 5 heterocycles. The summed E-state index contributed by atoms with van der Waals surface area (Å²) in [5, 5.41) is 43.6. The zero-order valence-corrected chi connectivity index (χ0v) is 42.4. The molecule has 0 spiro atoms. The van der Waals surface area contributed by atoms with Crippen LogP contribution in [0.5, 0.6) is 0 Å². The van der Waals surface area contributed by atoms with Gasteiger partial charge in [0.1, 0.15) is 0 Å². The van der Waals surface area contributed by atoms with E-state index in [4.69, 9.17) is 9.97 Å². The molecule has 2 aliphatic heterocycles. The number of nitrogens with one attached hydrogen (secondary N) is 4. The molecule has 0 aliphatic carbocycles. The fourth-order valence-corrected chi connectivity index (χ4v) is 9.69. The third kappa shape index (κ3) is 13.5. The first kappa shape index (κ1) is 53.3. The van der Waals surface area contributed by atoms with Gasteiger partial charge in [0.05, 0.1) is 55.5 Å². The fraction of sp³-hybridized carbons (Fsp3) is 0.183. The number of rotatable bonds is 24. The molecule has 0 atom stereocenters. The predicted octanol–water partition coefficient (Wildman–Crippen LogP) is 8.10. The Kier molecular flexibility index (Phi) is 17.0. The summed E-state index contributed by atoms with van der Waals surface area (Å²) in [4.78, 5) is 81.3. The number of anilines is 1. The Morgan fingerprint density at radius 3 is 1.06 bits per heavy atom. The molecule has 18 heteroatoms. The lowest BCUT2D eigenvalue weighted by Gasteiger charge is -2.27. The Balaban J connectivity index is 0.982. The van der Waals surface area contributed by atoms with E-state index in [0.29, 0.717) is 6.54 Å². The largest absolute Gasteiger partial charge is 0.480 e. The van der Waals surface area contributed by atoms with Crippen LogP contribution in [0.25, 0.3) is 90.9 Å². The summed E-state index contributed by atoms with van der Waals surface area (Å²) in [5.74, 6) is -5.30. The molecule has 0 saturated carbocycles. The van der Waals surface area contributed by atoms with Gasteiger partial charge in [0.25, 0.3) is 0 Å². The van der Waals surface area contributed by atoms with E-state index in [9.17, 15) is 44.4 Å². The van der Waals surface area contributed by atoms with Crippen LogP contribution >= 0.6 is 0 Å². The summed E-state index contributed by atoms with van der Waals surface area (Å²) in [6.07, 6.45) is 8.26. The van der Waals surface area contributed by atoms with Crippen LogP contribution in [-0.4, -0.2) is 157 Å². The number of carbonyl (C=O) groups is 5. The molecule has 18 nitrogen and oxygen atoms in total. The standard InChI is InChI=1S/C60H57N9O9/c70-52(34-68(36-54(73)74)32-30-67(35-53(71)72)31-33-69(37-55(75)76)38-56(77)78)62-29-28-61-43-18-16-42(17-19-43)60-50-26-24-48(65-50)58(40-12-6-2-7-13-40)46-22-20-44(63-46)57(39-10-4-1-5-11-39)45-21-23-47(64-45)59(41-14-8-3-9-15-41)49-25-27-51(60)66-49/h1-27,61,63,66H,28-38H2,(H,62,70)(H,71,72)(H,73,74)(H,75,76)(H,77,78). The summed E-state index contributed by atoms with van der Waals surface area (Å²) in [5.41, 5.74) is 15.1. The van der Waals surface area contributed by atoms with Gasteiger partial charge in [-0.3, -0.25) is 38.7 Å². The van der Waals surface area contributed by atoms with Crippen molar-refractivity contribution in [3.05, 3.63) is 162 Å². The maximum absolute atomic E-state index is 13.1. The van der Waals surface area contributed by atoms with Gasteiger partial charge in [0.2, 0.25) is 5.91 Å². The smallest absolute Gasteiger partial charge is 0.317 e. The van der Waals surface area contributed by atoms with E-state index in [2.05, 4.69) is 99.5 Å². The molecule has 8 N–H and O–H groups in total. The van der Waals surface area contributed by atoms with Crippen molar-refractivity contribution in [3.8, 4) is 44.5 Å². The van der Waals surface area contributed by atoms with Crippen molar-refractivity contribution in [3.63, 3.8) is 0 Å². The zero-order valence-electron chi connectivity index (χ0n) is 42.4. The van der Waals surface area contributed by atoms with Crippen molar-refractivity contribution in [2.75, 3.05) is 77.3 Å². The second kappa shape index (κ2) is 24.9. The quantitative estimate of drug-likeness (QED) is 0.0266. The van der Waals surface area contributed by atoms with Gasteiger partial charge in [-0.1, -0.05) is 103 Å². The van der Waals surface area contributed by atoms with Crippen LogP contribution in [0.2, 0.25) is 0 Å². The van der Waals surface area contributed by atoms with Crippen molar-refractivity contribution in [1.29, 1.82) is 0 Å². The van der Waals surface area contributed by atoms with Crippen LogP contribution in [0, 0.1) is 0 Å². The van der Waals surface area contributed by atoms with Crippen molar-refractivity contribution in [1.82, 2.24) is 40.0 Å². The minimum Gasteiger partial charge on any atom is -0.480 e. The second-order valence-corrected chi connectivity index (χ2v) is 18.7. The van der Waals surface area contributed by atoms with Gasteiger partial charge in [-0.05, 0) is 83.0 Å². The molecule has 0 unspecified atom stereocenters. The van der Waals surface area contributed by atoms with E-state index in [1.807, 2.05) is 84.9 Å². The number of aliphatic carboxylic acids is 4. The summed E-state index contributed by atoms with van der Waals surface area (Å²) in [6, 6.07) is 47.0. The predicted molar refractivity (Wildman–Crippen MR) is 302 cm³/mol. The highest BCUT2D eigenvalue weighted by molar-refractivity contribution is 6.00. The number of aromatic nitrogens is 4.